The van der Waals surface area contributed by atoms with Gasteiger partial charge in [-0.15, -0.1) is 0 Å². The molecule has 1 aliphatic rings. The summed E-state index contributed by atoms with van der Waals surface area (Å²) >= 11 is 0. The van der Waals surface area contributed by atoms with Crippen molar-refractivity contribution in [2.24, 2.45) is 5.92 Å². The molecule has 3 heteroatoms. The van der Waals surface area contributed by atoms with E-state index in [4.69, 9.17) is 0 Å². The SMILES string of the molecule is CCC1CCCCC1NCCCC(=O)OC. The average Bonchev–Trinajstić information content (AvgIpc) is 2.34. The molecule has 16 heavy (non-hydrogen) atoms. The van der Waals surface area contributed by atoms with Crippen LogP contribution in [0.25, 0.3) is 0 Å². The lowest BCUT2D eigenvalue weighted by Crippen LogP contribution is -2.38. The van der Waals surface area contributed by atoms with Crippen molar-refractivity contribution in [3.63, 3.8) is 0 Å². The van der Waals surface area contributed by atoms with E-state index < -0.39 is 0 Å². The van der Waals surface area contributed by atoms with Crippen LogP contribution < -0.4 is 5.32 Å². The van der Waals surface area contributed by atoms with Gasteiger partial charge in [-0.25, -0.2) is 0 Å². The van der Waals surface area contributed by atoms with E-state index in [1.165, 1.54) is 39.2 Å². The fourth-order valence-corrected chi connectivity index (χ4v) is 2.59. The summed E-state index contributed by atoms with van der Waals surface area (Å²) in [5.41, 5.74) is 0. The molecule has 1 rings (SSSR count). The van der Waals surface area contributed by atoms with Gasteiger partial charge in [0, 0.05) is 12.5 Å². The van der Waals surface area contributed by atoms with Gasteiger partial charge in [0.1, 0.15) is 0 Å². The Bertz CT molecular complexity index is 206. The molecule has 0 amide bonds. The molecule has 0 aromatic heterocycles. The topological polar surface area (TPSA) is 38.3 Å². The fraction of sp³-hybridized carbons (Fsp3) is 0.923. The third-order valence-corrected chi connectivity index (χ3v) is 3.63. The minimum Gasteiger partial charge on any atom is -0.469 e. The first-order valence-corrected chi connectivity index (χ1v) is 6.58. The first kappa shape index (κ1) is 13.5. The second-order valence-corrected chi connectivity index (χ2v) is 4.69. The summed E-state index contributed by atoms with van der Waals surface area (Å²) in [5, 5.41) is 3.59. The zero-order valence-electron chi connectivity index (χ0n) is 10.6. The molecule has 2 atom stereocenters. The van der Waals surface area contributed by atoms with Crippen molar-refractivity contribution in [2.75, 3.05) is 13.7 Å². The van der Waals surface area contributed by atoms with Gasteiger partial charge in [0.2, 0.25) is 0 Å². The van der Waals surface area contributed by atoms with Gasteiger partial charge in [0.05, 0.1) is 7.11 Å². The molecule has 0 aliphatic heterocycles. The molecule has 0 spiro atoms. The first-order valence-electron chi connectivity index (χ1n) is 6.58. The predicted octanol–water partition coefficient (Wildman–Crippen LogP) is 2.50. The lowest BCUT2D eigenvalue weighted by Gasteiger charge is -2.31. The van der Waals surface area contributed by atoms with Crippen molar-refractivity contribution in [1.82, 2.24) is 5.32 Å². The van der Waals surface area contributed by atoms with Crippen molar-refractivity contribution in [3.05, 3.63) is 0 Å². The zero-order valence-corrected chi connectivity index (χ0v) is 10.6. The van der Waals surface area contributed by atoms with Crippen LogP contribution in [0, 0.1) is 5.92 Å². The lowest BCUT2D eigenvalue weighted by atomic mass is 9.83. The number of carbonyl (C=O) groups is 1. The summed E-state index contributed by atoms with van der Waals surface area (Å²) in [6.07, 6.45) is 8.10. The smallest absolute Gasteiger partial charge is 0.305 e. The molecule has 0 heterocycles. The molecular formula is C13H25NO2. The fourth-order valence-electron chi connectivity index (χ4n) is 2.59. The van der Waals surface area contributed by atoms with Crippen molar-refractivity contribution in [3.8, 4) is 0 Å². The van der Waals surface area contributed by atoms with Gasteiger partial charge in [-0.3, -0.25) is 4.79 Å². The number of carbonyl (C=O) groups excluding carboxylic acids is 1. The van der Waals surface area contributed by atoms with Gasteiger partial charge in [-0.2, -0.15) is 0 Å². The van der Waals surface area contributed by atoms with E-state index in [0.29, 0.717) is 12.5 Å². The molecule has 1 aliphatic carbocycles. The van der Waals surface area contributed by atoms with Crippen LogP contribution in [-0.2, 0) is 9.53 Å². The Balaban J connectivity index is 2.13. The summed E-state index contributed by atoms with van der Waals surface area (Å²) in [5.74, 6) is 0.740. The normalized spacial score (nSPS) is 25.4. The maximum absolute atomic E-state index is 10.9. The minimum atomic E-state index is -0.0996. The van der Waals surface area contributed by atoms with E-state index in [1.807, 2.05) is 0 Å². The summed E-state index contributed by atoms with van der Waals surface area (Å²) in [7, 11) is 1.45. The van der Waals surface area contributed by atoms with Crippen molar-refractivity contribution in [1.29, 1.82) is 0 Å². The Morgan fingerprint density at radius 3 is 2.81 bits per heavy atom. The standard InChI is InChI=1S/C13H25NO2/c1-3-11-7-4-5-8-12(11)14-10-6-9-13(15)16-2/h11-12,14H,3-10H2,1-2H3. The maximum atomic E-state index is 10.9. The molecule has 0 saturated heterocycles. The van der Waals surface area contributed by atoms with Gasteiger partial charge in [0.15, 0.2) is 0 Å². The Hall–Kier alpha value is -0.570. The Labute approximate surface area is 98.9 Å². The first-order chi connectivity index (χ1) is 7.77. The van der Waals surface area contributed by atoms with Gasteiger partial charge in [0.25, 0.3) is 0 Å². The molecule has 3 nitrogen and oxygen atoms in total. The molecule has 2 unspecified atom stereocenters. The number of ether oxygens (including phenoxy) is 1. The highest BCUT2D eigenvalue weighted by atomic mass is 16.5. The molecule has 1 saturated carbocycles. The van der Waals surface area contributed by atoms with Crippen molar-refractivity contribution in [2.45, 2.75) is 57.9 Å². The predicted molar refractivity (Wildman–Crippen MR) is 65.3 cm³/mol. The summed E-state index contributed by atoms with van der Waals surface area (Å²) in [6.45, 7) is 3.22. The van der Waals surface area contributed by atoms with Crippen LogP contribution in [0.2, 0.25) is 0 Å². The maximum Gasteiger partial charge on any atom is 0.305 e. The van der Waals surface area contributed by atoms with Crippen LogP contribution in [0.1, 0.15) is 51.9 Å². The molecule has 94 valence electrons. The Morgan fingerprint density at radius 2 is 2.12 bits per heavy atom. The highest BCUT2D eigenvalue weighted by molar-refractivity contribution is 5.69. The highest BCUT2D eigenvalue weighted by Gasteiger charge is 2.22. The molecule has 0 aromatic rings. The third kappa shape index (κ3) is 4.52. The van der Waals surface area contributed by atoms with E-state index in [2.05, 4.69) is 17.0 Å². The molecule has 0 aromatic carbocycles. The monoisotopic (exact) mass is 227 g/mol. The summed E-state index contributed by atoms with van der Waals surface area (Å²) < 4.78 is 4.62. The van der Waals surface area contributed by atoms with Crippen LogP contribution in [0.4, 0.5) is 0 Å². The molecule has 0 bridgehead atoms. The Kier molecular flexibility index (Phi) is 6.46. The van der Waals surface area contributed by atoms with E-state index in [9.17, 15) is 4.79 Å². The number of hydrogen-bond acceptors (Lipinski definition) is 3. The summed E-state index contributed by atoms with van der Waals surface area (Å²) in [6, 6.07) is 0.677. The largest absolute Gasteiger partial charge is 0.469 e. The van der Waals surface area contributed by atoms with Gasteiger partial charge >= 0.3 is 5.97 Å². The molecule has 1 N–H and O–H groups in total. The summed E-state index contributed by atoms with van der Waals surface area (Å²) in [4.78, 5) is 10.9. The Morgan fingerprint density at radius 1 is 1.38 bits per heavy atom. The molecular weight excluding hydrogens is 202 g/mol. The van der Waals surface area contributed by atoms with E-state index in [0.717, 1.165) is 18.9 Å². The van der Waals surface area contributed by atoms with Crippen LogP contribution in [0.5, 0.6) is 0 Å². The molecule has 1 fully saturated rings. The van der Waals surface area contributed by atoms with E-state index >= 15 is 0 Å². The number of rotatable bonds is 6. The molecule has 0 radical (unpaired) electrons. The van der Waals surface area contributed by atoms with Crippen LogP contribution in [0.3, 0.4) is 0 Å². The van der Waals surface area contributed by atoms with Crippen molar-refractivity contribution >= 4 is 5.97 Å². The second kappa shape index (κ2) is 7.66. The minimum absolute atomic E-state index is 0.0996. The van der Waals surface area contributed by atoms with E-state index in [1.54, 1.807) is 0 Å². The quantitative estimate of drug-likeness (QED) is 0.559. The third-order valence-electron chi connectivity index (χ3n) is 3.63. The van der Waals surface area contributed by atoms with Crippen molar-refractivity contribution < 1.29 is 9.53 Å². The number of methoxy groups -OCH3 is 1. The van der Waals surface area contributed by atoms with Crippen LogP contribution in [0.15, 0.2) is 0 Å². The van der Waals surface area contributed by atoms with Gasteiger partial charge in [-0.05, 0) is 31.7 Å². The zero-order chi connectivity index (χ0) is 11.8. The van der Waals surface area contributed by atoms with E-state index in [-0.39, 0.29) is 5.97 Å². The number of hydrogen-bond donors (Lipinski definition) is 1. The number of nitrogens with one attached hydrogen (secondary N) is 1. The number of esters is 1. The lowest BCUT2D eigenvalue weighted by molar-refractivity contribution is -0.140. The van der Waals surface area contributed by atoms with Crippen LogP contribution in [-0.4, -0.2) is 25.7 Å². The van der Waals surface area contributed by atoms with Crippen LogP contribution >= 0.6 is 0 Å². The second-order valence-electron chi connectivity index (χ2n) is 4.69. The van der Waals surface area contributed by atoms with Gasteiger partial charge < -0.3 is 10.1 Å². The van der Waals surface area contributed by atoms with Gasteiger partial charge in [-0.1, -0.05) is 26.2 Å². The average molecular weight is 227 g/mol. The highest BCUT2D eigenvalue weighted by Crippen LogP contribution is 2.26.